The van der Waals surface area contributed by atoms with Crippen LogP contribution in [0.5, 0.6) is 0 Å². The highest BCUT2D eigenvalue weighted by atomic mass is 32.2. The van der Waals surface area contributed by atoms with Crippen molar-refractivity contribution in [1.29, 1.82) is 0 Å². The standard InChI is InChI=1S/C18H16N2O2S/c1-18(2,17(21)22)23-16-15(19-10-11-20-16)14-9-5-7-12-6-3-4-8-13(12)14/h3-11H,1-2H3,(H,21,22). The Balaban J connectivity index is 2.15. The Labute approximate surface area is 138 Å². The Kier molecular flexibility index (Phi) is 4.05. The summed E-state index contributed by atoms with van der Waals surface area (Å²) in [4.78, 5) is 20.2. The molecule has 3 rings (SSSR count). The number of nitrogens with zero attached hydrogens (tertiary/aromatic N) is 2. The molecular weight excluding hydrogens is 308 g/mol. The number of rotatable bonds is 4. The lowest BCUT2D eigenvalue weighted by molar-refractivity contribution is -0.138. The molecule has 0 aliphatic carbocycles. The molecule has 1 heterocycles. The molecule has 116 valence electrons. The maximum absolute atomic E-state index is 11.4. The number of thioether (sulfide) groups is 1. The van der Waals surface area contributed by atoms with Gasteiger partial charge >= 0.3 is 5.97 Å². The molecule has 5 heteroatoms. The second kappa shape index (κ2) is 6.01. The molecule has 0 aliphatic heterocycles. The quantitative estimate of drug-likeness (QED) is 0.727. The van der Waals surface area contributed by atoms with Crippen molar-refractivity contribution in [3.63, 3.8) is 0 Å². The van der Waals surface area contributed by atoms with E-state index in [1.807, 2.05) is 42.5 Å². The second-order valence-corrected chi connectivity index (χ2v) is 7.27. The summed E-state index contributed by atoms with van der Waals surface area (Å²) < 4.78 is -0.977. The molecule has 0 unspecified atom stereocenters. The van der Waals surface area contributed by atoms with Gasteiger partial charge < -0.3 is 5.11 Å². The Morgan fingerprint density at radius 3 is 2.52 bits per heavy atom. The minimum atomic E-state index is -0.977. The third kappa shape index (κ3) is 3.05. The first-order valence-corrected chi connectivity index (χ1v) is 8.02. The lowest BCUT2D eigenvalue weighted by Crippen LogP contribution is -2.27. The van der Waals surface area contributed by atoms with Gasteiger partial charge in [-0.15, -0.1) is 0 Å². The molecule has 2 aromatic carbocycles. The average molecular weight is 324 g/mol. The molecule has 0 saturated heterocycles. The van der Waals surface area contributed by atoms with Crippen LogP contribution in [0.15, 0.2) is 59.9 Å². The zero-order valence-electron chi connectivity index (χ0n) is 12.9. The van der Waals surface area contributed by atoms with Crippen LogP contribution in [0.4, 0.5) is 0 Å². The molecule has 23 heavy (non-hydrogen) atoms. The number of hydrogen-bond donors (Lipinski definition) is 1. The molecule has 0 saturated carbocycles. The van der Waals surface area contributed by atoms with Crippen molar-refractivity contribution in [2.75, 3.05) is 0 Å². The molecule has 1 aromatic heterocycles. The van der Waals surface area contributed by atoms with Gasteiger partial charge in [0.15, 0.2) is 0 Å². The van der Waals surface area contributed by atoms with E-state index in [-0.39, 0.29) is 0 Å². The highest BCUT2D eigenvalue weighted by Gasteiger charge is 2.30. The predicted molar refractivity (Wildman–Crippen MR) is 92.5 cm³/mol. The van der Waals surface area contributed by atoms with E-state index in [1.165, 1.54) is 11.8 Å². The zero-order valence-corrected chi connectivity index (χ0v) is 13.7. The summed E-state index contributed by atoms with van der Waals surface area (Å²) in [5.74, 6) is -0.878. The molecular formula is C18H16N2O2S. The van der Waals surface area contributed by atoms with Crippen molar-refractivity contribution >= 4 is 28.5 Å². The first-order chi connectivity index (χ1) is 11.0. The highest BCUT2D eigenvalue weighted by Crippen LogP contribution is 2.38. The minimum absolute atomic E-state index is 0.622. The smallest absolute Gasteiger partial charge is 0.319 e. The van der Waals surface area contributed by atoms with E-state index in [9.17, 15) is 9.90 Å². The van der Waals surface area contributed by atoms with Crippen LogP contribution in [0.2, 0.25) is 0 Å². The van der Waals surface area contributed by atoms with Crippen LogP contribution in [0.3, 0.4) is 0 Å². The summed E-state index contributed by atoms with van der Waals surface area (Å²) in [7, 11) is 0. The second-order valence-electron chi connectivity index (χ2n) is 5.65. The summed E-state index contributed by atoms with van der Waals surface area (Å²) in [6, 6.07) is 14.1. The van der Waals surface area contributed by atoms with Gasteiger partial charge in [0.1, 0.15) is 15.5 Å². The lowest BCUT2D eigenvalue weighted by Gasteiger charge is -2.19. The summed E-state index contributed by atoms with van der Waals surface area (Å²) in [5, 5.41) is 12.2. The summed E-state index contributed by atoms with van der Waals surface area (Å²) >= 11 is 1.21. The van der Waals surface area contributed by atoms with Crippen LogP contribution >= 0.6 is 11.8 Å². The van der Waals surface area contributed by atoms with Crippen LogP contribution in [0.25, 0.3) is 22.0 Å². The molecule has 0 amide bonds. The lowest BCUT2D eigenvalue weighted by atomic mass is 10.0. The van der Waals surface area contributed by atoms with Gasteiger partial charge in [0, 0.05) is 18.0 Å². The van der Waals surface area contributed by atoms with Gasteiger partial charge in [0.05, 0.1) is 0 Å². The molecule has 0 bridgehead atoms. The Morgan fingerprint density at radius 2 is 1.74 bits per heavy atom. The largest absolute Gasteiger partial charge is 0.480 e. The molecule has 0 aliphatic rings. The number of hydrogen-bond acceptors (Lipinski definition) is 4. The van der Waals surface area contributed by atoms with Crippen LogP contribution in [0.1, 0.15) is 13.8 Å². The van der Waals surface area contributed by atoms with E-state index in [1.54, 1.807) is 26.2 Å². The molecule has 4 nitrogen and oxygen atoms in total. The summed E-state index contributed by atoms with van der Waals surface area (Å²) in [6.45, 7) is 3.34. The molecule has 0 spiro atoms. The topological polar surface area (TPSA) is 63.1 Å². The van der Waals surface area contributed by atoms with E-state index >= 15 is 0 Å². The summed E-state index contributed by atoms with van der Waals surface area (Å²) in [5.41, 5.74) is 1.67. The number of carbonyl (C=O) groups is 1. The number of aromatic nitrogens is 2. The highest BCUT2D eigenvalue weighted by molar-refractivity contribution is 8.01. The van der Waals surface area contributed by atoms with Crippen molar-refractivity contribution in [3.05, 3.63) is 54.9 Å². The number of fused-ring (bicyclic) bond motifs is 1. The number of carboxylic acids is 1. The van der Waals surface area contributed by atoms with E-state index in [0.29, 0.717) is 10.7 Å². The van der Waals surface area contributed by atoms with E-state index in [2.05, 4.69) is 9.97 Å². The van der Waals surface area contributed by atoms with Crippen molar-refractivity contribution in [2.45, 2.75) is 23.6 Å². The Hall–Kier alpha value is -2.40. The van der Waals surface area contributed by atoms with Crippen molar-refractivity contribution in [3.8, 4) is 11.3 Å². The van der Waals surface area contributed by atoms with Gasteiger partial charge in [-0.2, -0.15) is 0 Å². The van der Waals surface area contributed by atoms with E-state index in [4.69, 9.17) is 0 Å². The monoisotopic (exact) mass is 324 g/mol. The fourth-order valence-corrected chi connectivity index (χ4v) is 3.25. The van der Waals surface area contributed by atoms with E-state index in [0.717, 1.165) is 16.3 Å². The van der Waals surface area contributed by atoms with Crippen LogP contribution in [-0.2, 0) is 4.79 Å². The van der Waals surface area contributed by atoms with E-state index < -0.39 is 10.7 Å². The molecule has 3 aromatic rings. The predicted octanol–water partition coefficient (Wildman–Crippen LogP) is 4.25. The minimum Gasteiger partial charge on any atom is -0.480 e. The number of carboxylic acid groups (broad SMARTS) is 1. The average Bonchev–Trinajstić information content (AvgIpc) is 2.54. The third-order valence-electron chi connectivity index (χ3n) is 3.58. The molecule has 0 atom stereocenters. The Bertz CT molecular complexity index is 872. The van der Waals surface area contributed by atoms with Crippen LogP contribution in [0, 0.1) is 0 Å². The van der Waals surface area contributed by atoms with Crippen molar-refractivity contribution in [2.24, 2.45) is 0 Å². The maximum Gasteiger partial charge on any atom is 0.319 e. The first-order valence-electron chi connectivity index (χ1n) is 7.20. The van der Waals surface area contributed by atoms with Gasteiger partial charge in [0.2, 0.25) is 0 Å². The van der Waals surface area contributed by atoms with Crippen molar-refractivity contribution < 1.29 is 9.90 Å². The van der Waals surface area contributed by atoms with Crippen LogP contribution < -0.4 is 0 Å². The maximum atomic E-state index is 11.4. The van der Waals surface area contributed by atoms with Crippen molar-refractivity contribution in [1.82, 2.24) is 9.97 Å². The number of benzene rings is 2. The van der Waals surface area contributed by atoms with Gasteiger partial charge in [-0.1, -0.05) is 54.2 Å². The first kappa shape index (κ1) is 15.5. The van der Waals surface area contributed by atoms with Gasteiger partial charge in [-0.25, -0.2) is 4.98 Å². The molecule has 0 fully saturated rings. The summed E-state index contributed by atoms with van der Waals surface area (Å²) in [6.07, 6.45) is 3.23. The van der Waals surface area contributed by atoms with Crippen LogP contribution in [-0.4, -0.2) is 25.8 Å². The molecule has 0 radical (unpaired) electrons. The van der Waals surface area contributed by atoms with Gasteiger partial charge in [0.25, 0.3) is 0 Å². The van der Waals surface area contributed by atoms with Gasteiger partial charge in [-0.3, -0.25) is 9.78 Å². The molecule has 1 N–H and O–H groups in total. The zero-order chi connectivity index (χ0) is 16.4. The fraction of sp³-hybridized carbons (Fsp3) is 0.167. The normalized spacial score (nSPS) is 11.6. The SMILES string of the molecule is CC(C)(Sc1nccnc1-c1cccc2ccccc12)C(=O)O. The number of aliphatic carboxylic acids is 1. The Morgan fingerprint density at radius 1 is 1.04 bits per heavy atom. The van der Waals surface area contributed by atoms with Gasteiger partial charge in [-0.05, 0) is 24.6 Å². The fourth-order valence-electron chi connectivity index (χ4n) is 2.30. The third-order valence-corrected chi connectivity index (χ3v) is 4.75.